The number of hydrogen-bond donors (Lipinski definition) is 2. The van der Waals surface area contributed by atoms with Crippen molar-refractivity contribution in [3.05, 3.63) is 22.2 Å². The van der Waals surface area contributed by atoms with Gasteiger partial charge in [-0.3, -0.25) is 4.57 Å². The Bertz CT molecular complexity index is 898. The maximum Gasteiger partial charge on any atom is 0.351 e. The molecule has 1 saturated heterocycles. The van der Waals surface area contributed by atoms with Gasteiger partial charge in [0.25, 0.3) is 8.53 Å². The van der Waals surface area contributed by atoms with Gasteiger partial charge in [0, 0.05) is 36.8 Å². The van der Waals surface area contributed by atoms with Gasteiger partial charge in [-0.15, -0.1) is 0 Å². The highest BCUT2D eigenvalue weighted by atomic mass is 31.2. The molecule has 2 N–H and O–H groups in total. The van der Waals surface area contributed by atoms with E-state index in [0.717, 1.165) is 24.9 Å². The molecule has 1 aliphatic heterocycles. The predicted molar refractivity (Wildman–Crippen MR) is 146 cm³/mol. The van der Waals surface area contributed by atoms with Gasteiger partial charge in [0.2, 0.25) is 0 Å². The number of nitrogens with one attached hydrogen (secondary N) is 1. The Morgan fingerprint density at radius 3 is 2.62 bits per heavy atom. The van der Waals surface area contributed by atoms with Crippen LogP contribution < -0.4 is 11.0 Å². The van der Waals surface area contributed by atoms with Gasteiger partial charge in [-0.25, -0.2) is 9.46 Å². The fourth-order valence-corrected chi connectivity index (χ4v) is 6.20. The summed E-state index contributed by atoms with van der Waals surface area (Å²) in [4.78, 5) is 17.2. The Hall–Kier alpha value is -1.60. The van der Waals surface area contributed by atoms with Crippen molar-refractivity contribution < 1.29 is 18.9 Å². The number of rotatable bonds is 17. The highest BCUT2D eigenvalue weighted by Crippen LogP contribution is 2.49. The summed E-state index contributed by atoms with van der Waals surface area (Å²) in [5.41, 5.74) is 0.453. The van der Waals surface area contributed by atoms with Gasteiger partial charge in [-0.2, -0.15) is 10.2 Å². The molecular formula is C26H46N5O5P. The SMILES string of the molecule is CCCCCCCNc1nc(=O)n(C2CC(OP(OCCC#N)N(C(C)C)C(C)C)C(CO)O2)cc1C. The summed E-state index contributed by atoms with van der Waals surface area (Å²) in [7, 11) is -1.50. The molecule has 11 heteroatoms. The molecule has 1 aliphatic rings. The number of aromatic nitrogens is 2. The molecule has 0 spiro atoms. The van der Waals surface area contributed by atoms with Crippen molar-refractivity contribution in [2.24, 2.45) is 0 Å². The first-order valence-corrected chi connectivity index (χ1v) is 14.7. The van der Waals surface area contributed by atoms with Crippen molar-refractivity contribution in [1.82, 2.24) is 14.2 Å². The van der Waals surface area contributed by atoms with Gasteiger partial charge in [-0.1, -0.05) is 32.6 Å². The van der Waals surface area contributed by atoms with Crippen LogP contribution in [0.15, 0.2) is 11.0 Å². The topological polar surface area (TPSA) is 122 Å². The molecule has 0 saturated carbocycles. The van der Waals surface area contributed by atoms with E-state index < -0.39 is 32.7 Å². The van der Waals surface area contributed by atoms with Gasteiger partial charge in [0.1, 0.15) is 18.1 Å². The Labute approximate surface area is 223 Å². The maximum atomic E-state index is 12.9. The van der Waals surface area contributed by atoms with Crippen LogP contribution >= 0.6 is 8.53 Å². The van der Waals surface area contributed by atoms with Crippen LogP contribution in [0, 0.1) is 18.3 Å². The molecule has 2 heterocycles. The van der Waals surface area contributed by atoms with Crippen molar-refractivity contribution >= 4 is 14.3 Å². The molecule has 0 amide bonds. The van der Waals surface area contributed by atoms with Crippen LogP contribution in [0.1, 0.15) is 91.4 Å². The van der Waals surface area contributed by atoms with Crippen LogP contribution in [-0.2, 0) is 13.8 Å². The van der Waals surface area contributed by atoms with E-state index in [2.05, 4.69) is 55.7 Å². The van der Waals surface area contributed by atoms with Crippen LogP contribution in [0.25, 0.3) is 0 Å². The first kappa shape index (κ1) is 31.6. The summed E-state index contributed by atoms with van der Waals surface area (Å²) in [6.45, 7) is 13.2. The van der Waals surface area contributed by atoms with E-state index in [-0.39, 0.29) is 31.7 Å². The summed E-state index contributed by atoms with van der Waals surface area (Å²) in [6.07, 6.45) is 6.58. The Morgan fingerprint density at radius 2 is 2.00 bits per heavy atom. The van der Waals surface area contributed by atoms with Gasteiger partial charge in [-0.05, 0) is 41.0 Å². The van der Waals surface area contributed by atoms with Crippen LogP contribution in [0.5, 0.6) is 0 Å². The van der Waals surface area contributed by atoms with Crippen LogP contribution in [0.3, 0.4) is 0 Å². The van der Waals surface area contributed by atoms with E-state index in [1.54, 1.807) is 6.20 Å². The maximum absolute atomic E-state index is 12.9. The summed E-state index contributed by atoms with van der Waals surface area (Å²) in [6, 6.07) is 2.40. The van der Waals surface area contributed by atoms with Crippen LogP contribution in [0.4, 0.5) is 5.82 Å². The van der Waals surface area contributed by atoms with Crippen molar-refractivity contribution in [3.8, 4) is 6.07 Å². The largest absolute Gasteiger partial charge is 0.394 e. The minimum Gasteiger partial charge on any atom is -0.394 e. The normalized spacial score (nSPS) is 20.6. The summed E-state index contributed by atoms with van der Waals surface area (Å²) in [5.74, 6) is 0.597. The zero-order valence-electron chi connectivity index (χ0n) is 23.4. The molecule has 4 unspecified atom stereocenters. The second kappa shape index (κ2) is 16.4. The van der Waals surface area contributed by atoms with E-state index in [1.165, 1.54) is 23.8 Å². The lowest BCUT2D eigenvalue weighted by Crippen LogP contribution is -2.36. The molecule has 0 aliphatic carbocycles. The number of anilines is 1. The molecule has 4 atom stereocenters. The monoisotopic (exact) mass is 539 g/mol. The second-order valence-electron chi connectivity index (χ2n) is 10.0. The number of nitriles is 1. The molecule has 10 nitrogen and oxygen atoms in total. The molecule has 210 valence electrons. The number of hydrogen-bond acceptors (Lipinski definition) is 9. The van der Waals surface area contributed by atoms with Gasteiger partial charge in [0.05, 0.1) is 31.8 Å². The lowest BCUT2D eigenvalue weighted by Gasteiger charge is -2.37. The lowest BCUT2D eigenvalue weighted by molar-refractivity contribution is -0.0439. The number of aryl methyl sites for hydroxylation is 1. The van der Waals surface area contributed by atoms with E-state index in [9.17, 15) is 9.90 Å². The first-order valence-electron chi connectivity index (χ1n) is 13.6. The molecule has 0 radical (unpaired) electrons. The predicted octanol–water partition coefficient (Wildman–Crippen LogP) is 4.88. The Kier molecular flexibility index (Phi) is 14.0. The van der Waals surface area contributed by atoms with Crippen molar-refractivity contribution in [2.45, 2.75) is 117 Å². The van der Waals surface area contributed by atoms with E-state index in [4.69, 9.17) is 19.0 Å². The average molecular weight is 540 g/mol. The van der Waals surface area contributed by atoms with E-state index in [0.29, 0.717) is 12.2 Å². The van der Waals surface area contributed by atoms with Gasteiger partial charge in [0.15, 0.2) is 0 Å². The highest BCUT2D eigenvalue weighted by molar-refractivity contribution is 7.44. The second-order valence-corrected chi connectivity index (χ2v) is 11.4. The Morgan fingerprint density at radius 1 is 1.30 bits per heavy atom. The van der Waals surface area contributed by atoms with Crippen molar-refractivity contribution in [3.63, 3.8) is 0 Å². The fraction of sp³-hybridized carbons (Fsp3) is 0.808. The van der Waals surface area contributed by atoms with E-state index >= 15 is 0 Å². The zero-order valence-corrected chi connectivity index (χ0v) is 24.2. The van der Waals surface area contributed by atoms with E-state index in [1.807, 2.05) is 6.92 Å². The number of nitrogens with zero attached hydrogens (tertiary/aromatic N) is 4. The number of ether oxygens (including phenoxy) is 1. The standard InChI is InChI=1S/C26H46N5O5P/c1-7-8-9-10-11-14-28-25-21(6)17-30(26(33)29-25)24-16-22(23(18-32)35-24)36-37(34-15-12-13-27)31(19(2)3)20(4)5/h17,19-20,22-24,32H,7-12,14-16,18H2,1-6H3,(H,28,29,33). The third kappa shape index (κ3) is 9.58. The van der Waals surface area contributed by atoms with Crippen LogP contribution in [0.2, 0.25) is 0 Å². The minimum absolute atomic E-state index is 0.153. The molecule has 37 heavy (non-hydrogen) atoms. The smallest absolute Gasteiger partial charge is 0.351 e. The molecule has 1 aromatic heterocycles. The highest BCUT2D eigenvalue weighted by Gasteiger charge is 2.41. The first-order chi connectivity index (χ1) is 17.7. The Balaban J connectivity index is 2.12. The number of unbranched alkanes of at least 4 members (excludes halogenated alkanes) is 4. The number of aliphatic hydroxyl groups excluding tert-OH is 1. The summed E-state index contributed by atoms with van der Waals surface area (Å²) in [5, 5.41) is 22.3. The molecule has 1 fully saturated rings. The third-order valence-corrected chi connectivity index (χ3v) is 8.42. The lowest BCUT2D eigenvalue weighted by atomic mass is 10.1. The van der Waals surface area contributed by atoms with Gasteiger partial charge < -0.3 is 24.2 Å². The molecule has 0 bridgehead atoms. The van der Waals surface area contributed by atoms with Crippen molar-refractivity contribution in [2.75, 3.05) is 25.1 Å². The molecule has 2 rings (SSSR count). The molecule has 1 aromatic rings. The van der Waals surface area contributed by atoms with Gasteiger partial charge >= 0.3 is 5.69 Å². The number of aliphatic hydroxyl groups is 1. The summed E-state index contributed by atoms with van der Waals surface area (Å²) < 4.78 is 22.1. The fourth-order valence-electron chi connectivity index (χ4n) is 4.44. The minimum atomic E-state index is -1.50. The third-order valence-electron chi connectivity index (χ3n) is 6.27. The quantitative estimate of drug-likeness (QED) is 0.211. The van der Waals surface area contributed by atoms with Crippen molar-refractivity contribution in [1.29, 1.82) is 5.26 Å². The molecule has 0 aromatic carbocycles. The molecular weight excluding hydrogens is 493 g/mol. The zero-order chi connectivity index (χ0) is 27.4. The van der Waals surface area contributed by atoms with Crippen LogP contribution in [-0.4, -0.2) is 63.4 Å². The average Bonchev–Trinajstić information content (AvgIpc) is 3.25. The summed E-state index contributed by atoms with van der Waals surface area (Å²) >= 11 is 0.